The summed E-state index contributed by atoms with van der Waals surface area (Å²) in [5.41, 5.74) is 2.88. The minimum Gasteiger partial charge on any atom is -0.480 e. The molecule has 1 amide bonds. The molecular weight excluding hydrogens is 292 g/mol. The van der Waals surface area contributed by atoms with E-state index in [4.69, 9.17) is 5.11 Å². The summed E-state index contributed by atoms with van der Waals surface area (Å²) in [7, 11) is 0. The zero-order valence-corrected chi connectivity index (χ0v) is 13.4. The SMILES string of the molecule is CCCC(NCC(=O)Nc1cccc(C)c1C)C(=O)O.Cl. The summed E-state index contributed by atoms with van der Waals surface area (Å²) in [6, 6.07) is 5.01. The molecule has 0 bridgehead atoms. The van der Waals surface area contributed by atoms with Crippen LogP contribution in [0.25, 0.3) is 0 Å². The van der Waals surface area contributed by atoms with E-state index in [0.717, 1.165) is 23.2 Å². The lowest BCUT2D eigenvalue weighted by atomic mass is 10.1. The average Bonchev–Trinajstić information content (AvgIpc) is 2.39. The maximum Gasteiger partial charge on any atom is 0.320 e. The maximum atomic E-state index is 11.8. The molecule has 0 saturated carbocycles. The van der Waals surface area contributed by atoms with Gasteiger partial charge in [0.05, 0.1) is 6.54 Å². The van der Waals surface area contributed by atoms with Crippen molar-refractivity contribution in [1.29, 1.82) is 0 Å². The molecule has 0 radical (unpaired) electrons. The number of carboxylic acid groups (broad SMARTS) is 1. The van der Waals surface area contributed by atoms with Crippen LogP contribution in [0.3, 0.4) is 0 Å². The van der Waals surface area contributed by atoms with Crippen LogP contribution in [0, 0.1) is 13.8 Å². The molecule has 1 unspecified atom stereocenters. The topological polar surface area (TPSA) is 78.4 Å². The van der Waals surface area contributed by atoms with Gasteiger partial charge in [0.2, 0.25) is 5.91 Å². The number of amides is 1. The van der Waals surface area contributed by atoms with Crippen molar-refractivity contribution in [3.63, 3.8) is 0 Å². The molecule has 5 nitrogen and oxygen atoms in total. The van der Waals surface area contributed by atoms with Gasteiger partial charge in [-0.2, -0.15) is 0 Å². The van der Waals surface area contributed by atoms with Crippen molar-refractivity contribution in [3.8, 4) is 0 Å². The van der Waals surface area contributed by atoms with Gasteiger partial charge >= 0.3 is 5.97 Å². The zero-order chi connectivity index (χ0) is 15.1. The summed E-state index contributed by atoms with van der Waals surface area (Å²) in [4.78, 5) is 22.8. The zero-order valence-electron chi connectivity index (χ0n) is 12.6. The van der Waals surface area contributed by atoms with E-state index in [1.54, 1.807) is 0 Å². The van der Waals surface area contributed by atoms with Crippen LogP contribution in [0.4, 0.5) is 5.69 Å². The Morgan fingerprint density at radius 3 is 2.52 bits per heavy atom. The van der Waals surface area contributed by atoms with Crippen LogP contribution in [0.2, 0.25) is 0 Å². The molecule has 1 atom stereocenters. The molecule has 0 aliphatic carbocycles. The van der Waals surface area contributed by atoms with E-state index in [-0.39, 0.29) is 24.9 Å². The monoisotopic (exact) mass is 314 g/mol. The molecule has 1 rings (SSSR count). The number of carbonyl (C=O) groups excluding carboxylic acids is 1. The molecule has 6 heteroatoms. The third-order valence-corrected chi connectivity index (χ3v) is 3.26. The third-order valence-electron chi connectivity index (χ3n) is 3.26. The largest absolute Gasteiger partial charge is 0.480 e. The molecule has 0 fully saturated rings. The number of carboxylic acids is 1. The highest BCUT2D eigenvalue weighted by Crippen LogP contribution is 2.17. The molecule has 21 heavy (non-hydrogen) atoms. The summed E-state index contributed by atoms with van der Waals surface area (Å²) in [6.07, 6.45) is 1.26. The van der Waals surface area contributed by atoms with Crippen molar-refractivity contribution < 1.29 is 14.7 Å². The lowest BCUT2D eigenvalue weighted by Crippen LogP contribution is -2.41. The van der Waals surface area contributed by atoms with Crippen LogP contribution in [-0.2, 0) is 9.59 Å². The molecular formula is C15H23ClN2O3. The van der Waals surface area contributed by atoms with E-state index in [9.17, 15) is 9.59 Å². The quantitative estimate of drug-likeness (QED) is 0.722. The van der Waals surface area contributed by atoms with Crippen LogP contribution >= 0.6 is 12.4 Å². The van der Waals surface area contributed by atoms with Gasteiger partial charge in [-0.1, -0.05) is 25.5 Å². The van der Waals surface area contributed by atoms with E-state index >= 15 is 0 Å². The van der Waals surface area contributed by atoms with Crippen molar-refractivity contribution in [2.24, 2.45) is 0 Å². The number of rotatable bonds is 7. The Morgan fingerprint density at radius 1 is 1.29 bits per heavy atom. The number of hydrogen-bond acceptors (Lipinski definition) is 3. The first-order valence-corrected chi connectivity index (χ1v) is 6.78. The van der Waals surface area contributed by atoms with Crippen molar-refractivity contribution in [2.75, 3.05) is 11.9 Å². The normalized spacial score (nSPS) is 11.4. The first-order chi connectivity index (χ1) is 9.45. The second-order valence-electron chi connectivity index (χ2n) is 4.86. The number of benzene rings is 1. The molecule has 1 aromatic carbocycles. The fraction of sp³-hybridized carbons (Fsp3) is 0.467. The van der Waals surface area contributed by atoms with E-state index in [1.165, 1.54) is 0 Å². The molecule has 0 aliphatic rings. The van der Waals surface area contributed by atoms with E-state index in [2.05, 4.69) is 10.6 Å². The summed E-state index contributed by atoms with van der Waals surface area (Å²) in [6.45, 7) is 5.82. The van der Waals surface area contributed by atoms with Crippen molar-refractivity contribution in [1.82, 2.24) is 5.32 Å². The van der Waals surface area contributed by atoms with Crippen LogP contribution in [-0.4, -0.2) is 29.6 Å². The Kier molecular flexibility index (Phi) is 8.66. The van der Waals surface area contributed by atoms with E-state index in [1.807, 2.05) is 39.0 Å². The van der Waals surface area contributed by atoms with Gasteiger partial charge in [-0.15, -0.1) is 12.4 Å². The Labute approximate surface area is 131 Å². The molecule has 0 spiro atoms. The summed E-state index contributed by atoms with van der Waals surface area (Å²) in [5.74, 6) is -1.16. The number of halogens is 1. The van der Waals surface area contributed by atoms with Gasteiger partial charge in [0.25, 0.3) is 0 Å². The highest BCUT2D eigenvalue weighted by molar-refractivity contribution is 5.93. The highest BCUT2D eigenvalue weighted by atomic mass is 35.5. The Morgan fingerprint density at radius 2 is 1.95 bits per heavy atom. The Balaban J connectivity index is 0.00000400. The molecule has 0 aliphatic heterocycles. The molecule has 0 heterocycles. The van der Waals surface area contributed by atoms with E-state index < -0.39 is 12.0 Å². The maximum absolute atomic E-state index is 11.8. The predicted molar refractivity (Wildman–Crippen MR) is 86.1 cm³/mol. The molecule has 1 aromatic rings. The second kappa shape index (κ2) is 9.37. The lowest BCUT2D eigenvalue weighted by molar-refractivity contribution is -0.139. The number of anilines is 1. The van der Waals surface area contributed by atoms with Gasteiger partial charge in [-0.3, -0.25) is 14.9 Å². The summed E-state index contributed by atoms with van der Waals surface area (Å²) in [5, 5.41) is 14.5. The fourth-order valence-corrected chi connectivity index (χ4v) is 1.90. The fourth-order valence-electron chi connectivity index (χ4n) is 1.90. The second-order valence-corrected chi connectivity index (χ2v) is 4.86. The van der Waals surface area contributed by atoms with E-state index in [0.29, 0.717) is 6.42 Å². The summed E-state index contributed by atoms with van der Waals surface area (Å²) >= 11 is 0. The van der Waals surface area contributed by atoms with Gasteiger partial charge in [0.15, 0.2) is 0 Å². The predicted octanol–water partition coefficient (Wildman–Crippen LogP) is 2.51. The Hall–Kier alpha value is -1.59. The molecule has 118 valence electrons. The van der Waals surface area contributed by atoms with Gasteiger partial charge in [0.1, 0.15) is 6.04 Å². The number of hydrogen-bond donors (Lipinski definition) is 3. The number of nitrogens with one attached hydrogen (secondary N) is 2. The minimum atomic E-state index is -0.925. The van der Waals surface area contributed by atoms with Gasteiger partial charge in [-0.05, 0) is 37.5 Å². The van der Waals surface area contributed by atoms with Crippen LogP contribution in [0.15, 0.2) is 18.2 Å². The van der Waals surface area contributed by atoms with Crippen LogP contribution in [0.1, 0.15) is 30.9 Å². The van der Waals surface area contributed by atoms with Crippen LogP contribution in [0.5, 0.6) is 0 Å². The first-order valence-electron chi connectivity index (χ1n) is 6.78. The molecule has 0 aromatic heterocycles. The van der Waals surface area contributed by atoms with Crippen LogP contribution < -0.4 is 10.6 Å². The number of carbonyl (C=O) groups is 2. The molecule has 0 saturated heterocycles. The number of aryl methyl sites for hydroxylation is 1. The van der Waals surface area contributed by atoms with Gasteiger partial charge < -0.3 is 10.4 Å². The standard InChI is InChI=1S/C15H22N2O3.ClH/c1-4-6-13(15(19)20)16-9-14(18)17-12-8-5-7-10(2)11(12)3;/h5,7-8,13,16H,4,6,9H2,1-3H3,(H,17,18)(H,19,20);1H. The molecule has 3 N–H and O–H groups in total. The van der Waals surface area contributed by atoms with Gasteiger partial charge in [-0.25, -0.2) is 0 Å². The van der Waals surface area contributed by atoms with Gasteiger partial charge in [0, 0.05) is 5.69 Å². The third kappa shape index (κ3) is 6.14. The average molecular weight is 315 g/mol. The lowest BCUT2D eigenvalue weighted by Gasteiger charge is -2.14. The highest BCUT2D eigenvalue weighted by Gasteiger charge is 2.16. The first kappa shape index (κ1) is 19.4. The van der Waals surface area contributed by atoms with Crippen molar-refractivity contribution >= 4 is 30.0 Å². The number of aliphatic carboxylic acids is 1. The van der Waals surface area contributed by atoms with Crippen molar-refractivity contribution in [2.45, 2.75) is 39.7 Å². The van der Waals surface area contributed by atoms with Crippen molar-refractivity contribution in [3.05, 3.63) is 29.3 Å². The smallest absolute Gasteiger partial charge is 0.320 e. The Bertz CT molecular complexity index is 492. The minimum absolute atomic E-state index is 0. The summed E-state index contributed by atoms with van der Waals surface area (Å²) < 4.78 is 0.